The van der Waals surface area contributed by atoms with Crippen molar-refractivity contribution in [3.8, 4) is 0 Å². The van der Waals surface area contributed by atoms with Crippen LogP contribution in [0.15, 0.2) is 48.5 Å². The molecule has 1 aliphatic rings. The van der Waals surface area contributed by atoms with Gasteiger partial charge in [-0.15, -0.1) is 0 Å². The zero-order valence-corrected chi connectivity index (χ0v) is 15.4. The van der Waals surface area contributed by atoms with Crippen molar-refractivity contribution in [1.82, 2.24) is 10.6 Å². The summed E-state index contributed by atoms with van der Waals surface area (Å²) in [4.78, 5) is 24.4. The Kier molecular flexibility index (Phi) is 6.29. The minimum atomic E-state index is -0.144. The van der Waals surface area contributed by atoms with Crippen LogP contribution in [0.5, 0.6) is 0 Å². The molecule has 2 N–H and O–H groups in total. The summed E-state index contributed by atoms with van der Waals surface area (Å²) in [6.07, 6.45) is 5.18. The van der Waals surface area contributed by atoms with Gasteiger partial charge in [-0.25, -0.2) is 0 Å². The van der Waals surface area contributed by atoms with E-state index in [4.69, 9.17) is 11.6 Å². The summed E-state index contributed by atoms with van der Waals surface area (Å²) in [6.45, 7) is 0.531. The number of amides is 2. The maximum absolute atomic E-state index is 12.2. The van der Waals surface area contributed by atoms with Crippen LogP contribution < -0.4 is 10.6 Å². The number of rotatable bonds is 6. The second-order valence-corrected chi connectivity index (χ2v) is 7.10. The molecule has 0 atom stereocenters. The molecule has 0 aliphatic heterocycles. The second-order valence-electron chi connectivity index (χ2n) is 6.67. The first-order chi connectivity index (χ1) is 12.6. The normalized spacial score (nSPS) is 14.2. The number of carbonyl (C=O) groups excluding carboxylic acids is 2. The van der Waals surface area contributed by atoms with Gasteiger partial charge in [-0.3, -0.25) is 9.59 Å². The van der Waals surface area contributed by atoms with Gasteiger partial charge >= 0.3 is 0 Å². The quantitative estimate of drug-likeness (QED) is 0.807. The summed E-state index contributed by atoms with van der Waals surface area (Å²) in [7, 11) is 0. The van der Waals surface area contributed by atoms with E-state index in [2.05, 4.69) is 10.6 Å². The van der Waals surface area contributed by atoms with Crippen LogP contribution in [0.2, 0.25) is 5.02 Å². The van der Waals surface area contributed by atoms with Crippen LogP contribution in [0.4, 0.5) is 0 Å². The number of hydrogen-bond donors (Lipinski definition) is 2. The van der Waals surface area contributed by atoms with Crippen molar-refractivity contribution in [2.75, 3.05) is 6.54 Å². The van der Waals surface area contributed by atoms with Crippen LogP contribution in [0.3, 0.4) is 0 Å². The molecule has 4 nitrogen and oxygen atoms in total. The standard InChI is InChI=1S/C21H23ClN2O2/c22-18-5-3-4-15(14-18)12-13-23-20(25)16-8-10-17(11-9-16)21(26)24-19-6-1-2-7-19/h3-5,8-11,14,19H,1-2,6-7,12-13H2,(H,23,25)(H,24,26). The minimum Gasteiger partial charge on any atom is -0.352 e. The number of hydrogen-bond acceptors (Lipinski definition) is 2. The Labute approximate surface area is 158 Å². The average molecular weight is 371 g/mol. The first-order valence-corrected chi connectivity index (χ1v) is 9.43. The predicted octanol–water partition coefficient (Wildman–Crippen LogP) is 3.98. The molecule has 0 aromatic heterocycles. The lowest BCUT2D eigenvalue weighted by Crippen LogP contribution is -2.32. The van der Waals surface area contributed by atoms with Gasteiger partial charge < -0.3 is 10.6 Å². The zero-order chi connectivity index (χ0) is 18.4. The molecule has 2 aromatic rings. The van der Waals surface area contributed by atoms with Crippen molar-refractivity contribution in [2.24, 2.45) is 0 Å². The highest BCUT2D eigenvalue weighted by Gasteiger charge is 2.18. The molecule has 3 rings (SSSR count). The summed E-state index contributed by atoms with van der Waals surface area (Å²) in [5, 5.41) is 6.64. The minimum absolute atomic E-state index is 0.0650. The predicted molar refractivity (Wildman–Crippen MR) is 104 cm³/mol. The summed E-state index contributed by atoms with van der Waals surface area (Å²) < 4.78 is 0. The maximum Gasteiger partial charge on any atom is 0.251 e. The van der Waals surface area contributed by atoms with Crippen molar-refractivity contribution in [3.63, 3.8) is 0 Å². The maximum atomic E-state index is 12.2. The van der Waals surface area contributed by atoms with E-state index >= 15 is 0 Å². The number of halogens is 1. The van der Waals surface area contributed by atoms with E-state index in [1.54, 1.807) is 24.3 Å². The smallest absolute Gasteiger partial charge is 0.251 e. The van der Waals surface area contributed by atoms with Crippen LogP contribution in [-0.2, 0) is 6.42 Å². The molecule has 1 fully saturated rings. The third-order valence-electron chi connectivity index (χ3n) is 4.69. The van der Waals surface area contributed by atoms with E-state index in [0.717, 1.165) is 18.4 Å². The molecule has 5 heteroatoms. The largest absolute Gasteiger partial charge is 0.352 e. The lowest BCUT2D eigenvalue weighted by atomic mass is 10.1. The van der Waals surface area contributed by atoms with E-state index < -0.39 is 0 Å². The van der Waals surface area contributed by atoms with Crippen LogP contribution in [-0.4, -0.2) is 24.4 Å². The summed E-state index contributed by atoms with van der Waals surface area (Å²) in [5.74, 6) is -0.209. The van der Waals surface area contributed by atoms with Gasteiger partial charge in [-0.1, -0.05) is 36.6 Å². The van der Waals surface area contributed by atoms with Gasteiger partial charge in [0.05, 0.1) is 0 Å². The molecule has 0 heterocycles. The van der Waals surface area contributed by atoms with Gasteiger partial charge in [0.1, 0.15) is 0 Å². The Morgan fingerprint density at radius 3 is 2.27 bits per heavy atom. The number of carbonyl (C=O) groups is 2. The van der Waals surface area contributed by atoms with Crippen molar-refractivity contribution in [3.05, 3.63) is 70.2 Å². The molecule has 26 heavy (non-hydrogen) atoms. The van der Waals surface area contributed by atoms with Gasteiger partial charge in [0.15, 0.2) is 0 Å². The highest BCUT2D eigenvalue weighted by Crippen LogP contribution is 2.18. The molecule has 136 valence electrons. The second kappa shape index (κ2) is 8.86. The first-order valence-electron chi connectivity index (χ1n) is 9.05. The van der Waals surface area contributed by atoms with Crippen LogP contribution in [0.25, 0.3) is 0 Å². The van der Waals surface area contributed by atoms with Gasteiger partial charge in [-0.2, -0.15) is 0 Å². The third-order valence-corrected chi connectivity index (χ3v) is 4.92. The van der Waals surface area contributed by atoms with E-state index in [-0.39, 0.29) is 17.9 Å². The van der Waals surface area contributed by atoms with Gasteiger partial charge in [0.25, 0.3) is 11.8 Å². The Bertz CT molecular complexity index is 768. The molecule has 0 bridgehead atoms. The average Bonchev–Trinajstić information content (AvgIpc) is 3.15. The third kappa shape index (κ3) is 5.09. The van der Waals surface area contributed by atoms with Crippen molar-refractivity contribution in [2.45, 2.75) is 38.1 Å². The Morgan fingerprint density at radius 2 is 1.62 bits per heavy atom. The highest BCUT2D eigenvalue weighted by atomic mass is 35.5. The molecule has 1 aliphatic carbocycles. The van der Waals surface area contributed by atoms with Crippen molar-refractivity contribution < 1.29 is 9.59 Å². The fourth-order valence-electron chi connectivity index (χ4n) is 3.23. The van der Waals surface area contributed by atoms with Gasteiger partial charge in [-0.05, 0) is 61.2 Å². The highest BCUT2D eigenvalue weighted by molar-refractivity contribution is 6.30. The molecular formula is C21H23ClN2O2. The van der Waals surface area contributed by atoms with E-state index in [9.17, 15) is 9.59 Å². The van der Waals surface area contributed by atoms with Crippen LogP contribution >= 0.6 is 11.6 Å². The molecule has 2 aromatic carbocycles. The Balaban J connectivity index is 1.49. The van der Waals surface area contributed by atoms with Gasteiger partial charge in [0.2, 0.25) is 0 Å². The SMILES string of the molecule is O=C(NCCc1cccc(Cl)c1)c1ccc(C(=O)NC2CCCC2)cc1. The van der Waals surface area contributed by atoms with Crippen molar-refractivity contribution in [1.29, 1.82) is 0 Å². The van der Waals surface area contributed by atoms with E-state index in [0.29, 0.717) is 29.1 Å². The van der Waals surface area contributed by atoms with Gasteiger partial charge in [0, 0.05) is 28.7 Å². The fourth-order valence-corrected chi connectivity index (χ4v) is 3.44. The lowest BCUT2D eigenvalue weighted by molar-refractivity contribution is 0.0931. The number of nitrogens with one attached hydrogen (secondary N) is 2. The summed E-state index contributed by atoms with van der Waals surface area (Å²) in [5.41, 5.74) is 2.22. The Morgan fingerprint density at radius 1 is 0.962 bits per heavy atom. The van der Waals surface area contributed by atoms with Crippen LogP contribution in [0.1, 0.15) is 52.0 Å². The summed E-state index contributed by atoms with van der Waals surface area (Å²) in [6, 6.07) is 14.7. The Hall–Kier alpha value is -2.33. The number of benzene rings is 2. The molecule has 0 saturated heterocycles. The molecule has 0 unspecified atom stereocenters. The monoisotopic (exact) mass is 370 g/mol. The topological polar surface area (TPSA) is 58.2 Å². The van der Waals surface area contributed by atoms with E-state index in [1.807, 2.05) is 24.3 Å². The van der Waals surface area contributed by atoms with Crippen LogP contribution in [0, 0.1) is 0 Å². The first kappa shape index (κ1) is 18.5. The molecule has 2 amide bonds. The molecule has 1 saturated carbocycles. The lowest BCUT2D eigenvalue weighted by Gasteiger charge is -2.12. The molecular weight excluding hydrogens is 348 g/mol. The fraction of sp³-hybridized carbons (Fsp3) is 0.333. The molecule has 0 spiro atoms. The van der Waals surface area contributed by atoms with E-state index in [1.165, 1.54) is 12.8 Å². The zero-order valence-electron chi connectivity index (χ0n) is 14.6. The summed E-state index contributed by atoms with van der Waals surface area (Å²) >= 11 is 5.96. The molecule has 0 radical (unpaired) electrons. The van der Waals surface area contributed by atoms with Crippen molar-refractivity contribution >= 4 is 23.4 Å².